The van der Waals surface area contributed by atoms with Crippen molar-refractivity contribution >= 4 is 0 Å². The lowest BCUT2D eigenvalue weighted by atomic mass is 10.0. The van der Waals surface area contributed by atoms with Gasteiger partial charge in [0.2, 0.25) is 0 Å². The normalized spacial score (nSPS) is 14.8. The number of rotatable bonds is 8. The number of hydrogen-bond donors (Lipinski definition) is 1. The molecule has 0 aliphatic heterocycles. The molecule has 20 heavy (non-hydrogen) atoms. The molecule has 114 valence electrons. The fraction of sp³-hybridized carbons (Fsp3) is 0.647. The molecular weight excluding hydrogens is 246 g/mol. The van der Waals surface area contributed by atoms with Crippen molar-refractivity contribution < 1.29 is 0 Å². The molecule has 2 atom stereocenters. The van der Waals surface area contributed by atoms with Gasteiger partial charge in [0, 0.05) is 25.2 Å². The van der Waals surface area contributed by atoms with E-state index < -0.39 is 0 Å². The van der Waals surface area contributed by atoms with Crippen molar-refractivity contribution in [2.24, 2.45) is 0 Å². The summed E-state index contributed by atoms with van der Waals surface area (Å²) in [6.07, 6.45) is 0. The highest BCUT2D eigenvalue weighted by Crippen LogP contribution is 2.17. The number of hydrogen-bond acceptors (Lipinski definition) is 3. The van der Waals surface area contributed by atoms with Gasteiger partial charge in [-0.3, -0.25) is 4.90 Å². The number of nitrogens with zero attached hydrogens (tertiary/aromatic N) is 2. The van der Waals surface area contributed by atoms with E-state index in [2.05, 4.69) is 81.3 Å². The Morgan fingerprint density at radius 2 is 1.90 bits per heavy atom. The minimum Gasteiger partial charge on any atom is -0.312 e. The smallest absolute Gasteiger partial charge is 0.0447 e. The maximum absolute atomic E-state index is 3.46. The Bertz CT molecular complexity index is 390. The third-order valence-corrected chi connectivity index (χ3v) is 3.87. The van der Waals surface area contributed by atoms with Crippen LogP contribution >= 0.6 is 0 Å². The van der Waals surface area contributed by atoms with E-state index in [0.29, 0.717) is 12.1 Å². The van der Waals surface area contributed by atoms with Crippen molar-refractivity contribution in [1.29, 1.82) is 0 Å². The zero-order valence-electron chi connectivity index (χ0n) is 14.0. The average molecular weight is 277 g/mol. The third kappa shape index (κ3) is 5.23. The van der Waals surface area contributed by atoms with Crippen LogP contribution in [0.4, 0.5) is 0 Å². The van der Waals surface area contributed by atoms with Gasteiger partial charge in [-0.1, -0.05) is 36.8 Å². The minimum atomic E-state index is 0.388. The molecule has 1 aromatic rings. The van der Waals surface area contributed by atoms with Crippen LogP contribution in [-0.4, -0.2) is 56.6 Å². The van der Waals surface area contributed by atoms with Gasteiger partial charge in [0.05, 0.1) is 0 Å². The van der Waals surface area contributed by atoms with E-state index in [-0.39, 0.29) is 0 Å². The Kier molecular flexibility index (Phi) is 7.20. The van der Waals surface area contributed by atoms with Crippen molar-refractivity contribution in [3.63, 3.8) is 0 Å². The van der Waals surface area contributed by atoms with E-state index in [0.717, 1.165) is 19.6 Å². The first kappa shape index (κ1) is 17.2. The van der Waals surface area contributed by atoms with E-state index in [1.165, 1.54) is 11.1 Å². The van der Waals surface area contributed by atoms with Crippen LogP contribution in [0.25, 0.3) is 0 Å². The second-order valence-corrected chi connectivity index (χ2v) is 5.95. The van der Waals surface area contributed by atoms with Gasteiger partial charge in [0.15, 0.2) is 0 Å². The van der Waals surface area contributed by atoms with Crippen molar-refractivity contribution in [3.8, 4) is 0 Å². The van der Waals surface area contributed by atoms with Crippen LogP contribution in [0, 0.1) is 6.92 Å². The highest BCUT2D eigenvalue weighted by Gasteiger charge is 2.18. The quantitative estimate of drug-likeness (QED) is 0.788. The Labute approximate surface area is 125 Å². The van der Waals surface area contributed by atoms with Crippen LogP contribution in [0.5, 0.6) is 0 Å². The van der Waals surface area contributed by atoms with Crippen molar-refractivity contribution in [1.82, 2.24) is 15.1 Å². The topological polar surface area (TPSA) is 18.5 Å². The van der Waals surface area contributed by atoms with Crippen LogP contribution in [0.15, 0.2) is 24.3 Å². The lowest BCUT2D eigenvalue weighted by Gasteiger charge is -2.33. The molecule has 1 rings (SSSR count). The lowest BCUT2D eigenvalue weighted by molar-refractivity contribution is 0.166. The largest absolute Gasteiger partial charge is 0.312 e. The zero-order chi connectivity index (χ0) is 15.1. The van der Waals surface area contributed by atoms with Gasteiger partial charge in [0.25, 0.3) is 0 Å². The fourth-order valence-corrected chi connectivity index (χ4v) is 2.75. The molecular formula is C17H31N3. The molecule has 0 saturated carbocycles. The zero-order valence-corrected chi connectivity index (χ0v) is 14.0. The summed E-state index contributed by atoms with van der Waals surface area (Å²) < 4.78 is 0. The summed E-state index contributed by atoms with van der Waals surface area (Å²) in [6.45, 7) is 9.94. The molecule has 3 nitrogen and oxygen atoms in total. The Hall–Kier alpha value is -0.900. The Morgan fingerprint density at radius 1 is 1.20 bits per heavy atom. The van der Waals surface area contributed by atoms with E-state index in [1.807, 2.05) is 0 Å². The molecule has 0 spiro atoms. The molecule has 0 fully saturated rings. The van der Waals surface area contributed by atoms with Crippen LogP contribution in [0.3, 0.4) is 0 Å². The summed E-state index contributed by atoms with van der Waals surface area (Å²) in [5.41, 5.74) is 2.70. The molecule has 0 heterocycles. The lowest BCUT2D eigenvalue weighted by Crippen LogP contribution is -2.43. The molecule has 1 N–H and O–H groups in total. The standard InChI is InChI=1S/C17H31N3/c1-7-20(15(3)12-19(5)6)13-17(18-4)16-10-8-9-14(2)11-16/h8-11,15,17-18H,7,12-13H2,1-6H3. The molecule has 0 aliphatic rings. The summed E-state index contributed by atoms with van der Waals surface area (Å²) in [5.74, 6) is 0. The molecule has 0 aromatic heterocycles. The number of nitrogens with one attached hydrogen (secondary N) is 1. The van der Waals surface area contributed by atoms with Gasteiger partial charge < -0.3 is 10.2 Å². The first-order valence-corrected chi connectivity index (χ1v) is 7.60. The summed E-state index contributed by atoms with van der Waals surface area (Å²) in [4.78, 5) is 4.80. The SMILES string of the molecule is CCN(CC(NC)c1cccc(C)c1)C(C)CN(C)C. The highest BCUT2D eigenvalue weighted by molar-refractivity contribution is 5.25. The van der Waals surface area contributed by atoms with Crippen LogP contribution in [0.2, 0.25) is 0 Å². The van der Waals surface area contributed by atoms with E-state index in [1.54, 1.807) is 0 Å². The van der Waals surface area contributed by atoms with Crippen molar-refractivity contribution in [2.45, 2.75) is 32.9 Å². The highest BCUT2D eigenvalue weighted by atomic mass is 15.2. The third-order valence-electron chi connectivity index (χ3n) is 3.87. The van der Waals surface area contributed by atoms with Gasteiger partial charge in [-0.15, -0.1) is 0 Å². The summed E-state index contributed by atoms with van der Waals surface area (Å²) >= 11 is 0. The molecule has 3 heteroatoms. The maximum atomic E-state index is 3.46. The summed E-state index contributed by atoms with van der Waals surface area (Å²) in [6, 6.07) is 9.76. The second kappa shape index (κ2) is 8.40. The van der Waals surface area contributed by atoms with Crippen molar-refractivity contribution in [3.05, 3.63) is 35.4 Å². The van der Waals surface area contributed by atoms with Crippen LogP contribution in [-0.2, 0) is 0 Å². The van der Waals surface area contributed by atoms with E-state index in [9.17, 15) is 0 Å². The van der Waals surface area contributed by atoms with Crippen molar-refractivity contribution in [2.75, 3.05) is 40.8 Å². The molecule has 0 bridgehead atoms. The van der Waals surface area contributed by atoms with Gasteiger partial charge in [-0.05, 0) is 47.1 Å². The first-order chi connectivity index (χ1) is 9.47. The Balaban J connectivity index is 2.75. The van der Waals surface area contributed by atoms with E-state index >= 15 is 0 Å². The summed E-state index contributed by atoms with van der Waals surface area (Å²) in [5, 5.41) is 3.46. The average Bonchev–Trinajstić information content (AvgIpc) is 2.39. The minimum absolute atomic E-state index is 0.388. The fourth-order valence-electron chi connectivity index (χ4n) is 2.75. The van der Waals surface area contributed by atoms with Gasteiger partial charge >= 0.3 is 0 Å². The predicted molar refractivity (Wildman–Crippen MR) is 88.2 cm³/mol. The second-order valence-electron chi connectivity index (χ2n) is 5.95. The van der Waals surface area contributed by atoms with E-state index in [4.69, 9.17) is 0 Å². The predicted octanol–water partition coefficient (Wildman–Crippen LogP) is 2.53. The maximum Gasteiger partial charge on any atom is 0.0447 e. The van der Waals surface area contributed by atoms with Gasteiger partial charge in [-0.2, -0.15) is 0 Å². The molecule has 2 unspecified atom stereocenters. The molecule has 0 aliphatic carbocycles. The van der Waals surface area contributed by atoms with Gasteiger partial charge in [0.1, 0.15) is 0 Å². The molecule has 0 radical (unpaired) electrons. The Morgan fingerprint density at radius 3 is 2.40 bits per heavy atom. The molecule has 0 amide bonds. The monoisotopic (exact) mass is 277 g/mol. The van der Waals surface area contributed by atoms with Crippen LogP contribution < -0.4 is 5.32 Å². The number of likely N-dealkylation sites (N-methyl/N-ethyl adjacent to an activating group) is 3. The van der Waals surface area contributed by atoms with Gasteiger partial charge in [-0.25, -0.2) is 0 Å². The summed E-state index contributed by atoms with van der Waals surface area (Å²) in [7, 11) is 6.33. The number of aryl methyl sites for hydroxylation is 1. The van der Waals surface area contributed by atoms with Crippen LogP contribution in [0.1, 0.15) is 31.0 Å². The molecule has 1 aromatic carbocycles. The first-order valence-electron chi connectivity index (χ1n) is 7.60. The molecule has 0 saturated heterocycles. The number of benzene rings is 1.